The van der Waals surface area contributed by atoms with Gasteiger partial charge in [0.1, 0.15) is 11.5 Å². The molecule has 2 aliphatic heterocycles. The van der Waals surface area contributed by atoms with E-state index >= 15 is 0 Å². The SMILES string of the molecule is CC1(C)[C@H]2CCC1(CS(=O)(=O)N1CCN(c3cnn(-c4ccccc4)c(=O)c3NCC3CCCO3)CC1)C(=O)C2. The van der Waals surface area contributed by atoms with Gasteiger partial charge in [-0.2, -0.15) is 14.1 Å². The van der Waals surface area contributed by atoms with Gasteiger partial charge in [-0.15, -0.1) is 0 Å². The normalized spacial score (nSPS) is 28.4. The van der Waals surface area contributed by atoms with Crippen LogP contribution in [-0.2, 0) is 19.6 Å². The number of nitrogens with one attached hydrogen (secondary N) is 1. The Kier molecular flexibility index (Phi) is 7.03. The number of anilines is 2. The maximum absolute atomic E-state index is 13.7. The van der Waals surface area contributed by atoms with Crippen molar-refractivity contribution in [1.29, 1.82) is 0 Å². The van der Waals surface area contributed by atoms with Crippen molar-refractivity contribution in [1.82, 2.24) is 14.1 Å². The third-order valence-electron chi connectivity index (χ3n) is 10.0. The number of aromatic nitrogens is 2. The van der Waals surface area contributed by atoms with Crippen LogP contribution in [0.1, 0.15) is 46.0 Å². The second-order valence-corrected chi connectivity index (χ2v) is 14.3. The number of hydrogen-bond acceptors (Lipinski definition) is 8. The fourth-order valence-electron chi connectivity index (χ4n) is 7.34. The van der Waals surface area contributed by atoms with E-state index in [0.29, 0.717) is 62.6 Å². The molecule has 2 bridgehead atoms. The van der Waals surface area contributed by atoms with Crippen LogP contribution in [0.25, 0.3) is 5.69 Å². The lowest BCUT2D eigenvalue weighted by atomic mass is 9.70. The zero-order chi connectivity index (χ0) is 28.1. The number of piperazine rings is 1. The number of para-hydroxylation sites is 1. The van der Waals surface area contributed by atoms with Crippen LogP contribution in [0.5, 0.6) is 0 Å². The highest BCUT2D eigenvalue weighted by Gasteiger charge is 2.65. The molecule has 11 heteroatoms. The summed E-state index contributed by atoms with van der Waals surface area (Å²) in [5, 5.41) is 7.81. The highest BCUT2D eigenvalue weighted by molar-refractivity contribution is 7.89. The Morgan fingerprint density at radius 2 is 1.82 bits per heavy atom. The highest BCUT2D eigenvalue weighted by Crippen LogP contribution is 2.64. The first-order valence-electron chi connectivity index (χ1n) is 14.4. The third-order valence-corrected chi connectivity index (χ3v) is 12.0. The molecule has 4 fully saturated rings. The minimum Gasteiger partial charge on any atom is -0.376 e. The zero-order valence-corrected chi connectivity index (χ0v) is 24.2. The van der Waals surface area contributed by atoms with Crippen molar-refractivity contribution < 1.29 is 17.9 Å². The average Bonchev–Trinajstić information content (AvgIpc) is 3.59. The molecule has 3 atom stereocenters. The van der Waals surface area contributed by atoms with Crippen LogP contribution in [-0.4, -0.2) is 79.5 Å². The van der Waals surface area contributed by atoms with Crippen LogP contribution in [0, 0.1) is 16.7 Å². The molecule has 3 heterocycles. The molecule has 1 aromatic carbocycles. The fourth-order valence-corrected chi connectivity index (χ4v) is 9.55. The van der Waals surface area contributed by atoms with Crippen molar-refractivity contribution in [2.45, 2.75) is 52.1 Å². The number of Topliss-reactive ketones (excluding diaryl/α,β-unsaturated/α-hetero) is 1. The van der Waals surface area contributed by atoms with E-state index in [1.807, 2.05) is 35.2 Å². The minimum atomic E-state index is -3.63. The van der Waals surface area contributed by atoms with Crippen molar-refractivity contribution >= 4 is 27.2 Å². The van der Waals surface area contributed by atoms with Gasteiger partial charge in [0.05, 0.1) is 29.4 Å². The summed E-state index contributed by atoms with van der Waals surface area (Å²) in [6.07, 6.45) is 5.76. The number of carbonyl (C=O) groups excluding carboxylic acids is 1. The first-order valence-corrected chi connectivity index (χ1v) is 16.0. The van der Waals surface area contributed by atoms with Crippen molar-refractivity contribution in [3.8, 4) is 5.69 Å². The van der Waals surface area contributed by atoms with Crippen LogP contribution in [0.3, 0.4) is 0 Å². The Bertz CT molecular complexity index is 1430. The molecular formula is C29H39N5O5S. The molecule has 216 valence electrons. The Morgan fingerprint density at radius 1 is 1.07 bits per heavy atom. The second kappa shape index (κ2) is 10.3. The monoisotopic (exact) mass is 569 g/mol. The van der Waals surface area contributed by atoms with Gasteiger partial charge in [-0.1, -0.05) is 32.0 Å². The van der Waals surface area contributed by atoms with Crippen LogP contribution in [0.2, 0.25) is 0 Å². The molecule has 0 spiro atoms. The van der Waals surface area contributed by atoms with Gasteiger partial charge in [0, 0.05) is 51.2 Å². The molecule has 0 amide bonds. The number of ether oxygens (including phenoxy) is 1. The first kappa shape index (κ1) is 27.4. The van der Waals surface area contributed by atoms with Gasteiger partial charge < -0.3 is 15.0 Å². The number of ketones is 1. The summed E-state index contributed by atoms with van der Waals surface area (Å²) in [5.74, 6) is 0.284. The van der Waals surface area contributed by atoms with Crippen LogP contribution in [0.4, 0.5) is 11.4 Å². The second-order valence-electron chi connectivity index (χ2n) is 12.3. The molecule has 0 radical (unpaired) electrons. The molecule has 1 N–H and O–H groups in total. The molecule has 2 saturated carbocycles. The largest absolute Gasteiger partial charge is 0.376 e. The lowest BCUT2D eigenvalue weighted by molar-refractivity contribution is -0.128. The van der Waals surface area contributed by atoms with Gasteiger partial charge in [0.15, 0.2) is 0 Å². The number of fused-ring (bicyclic) bond motifs is 2. The van der Waals surface area contributed by atoms with E-state index < -0.39 is 15.4 Å². The van der Waals surface area contributed by atoms with Crippen LogP contribution >= 0.6 is 0 Å². The summed E-state index contributed by atoms with van der Waals surface area (Å²) >= 11 is 0. The number of hydrogen-bond donors (Lipinski definition) is 1. The quantitative estimate of drug-likeness (QED) is 0.516. The third kappa shape index (κ3) is 4.55. The topological polar surface area (TPSA) is 114 Å². The number of carbonyl (C=O) groups is 1. The lowest BCUT2D eigenvalue weighted by Crippen LogP contribution is -2.53. The van der Waals surface area contributed by atoms with Crippen molar-refractivity contribution in [3.63, 3.8) is 0 Å². The van der Waals surface area contributed by atoms with E-state index in [4.69, 9.17) is 4.74 Å². The standard InChI is InChI=1S/C29H39N5O5S/c1-28(2)21-10-11-29(28,25(35)17-21)20-40(37,38)33-14-12-32(13-15-33)24-19-31-34(22-7-4-3-5-8-22)27(36)26(24)30-18-23-9-6-16-39-23/h3-5,7-8,19,21,23,30H,6,9-18,20H2,1-2H3/t21-,23?,29?/m0/s1. The van der Waals surface area contributed by atoms with Crippen molar-refractivity contribution in [3.05, 3.63) is 46.9 Å². The number of nitrogens with zero attached hydrogens (tertiary/aromatic N) is 4. The van der Waals surface area contributed by atoms with Crippen molar-refractivity contribution in [2.24, 2.45) is 16.7 Å². The maximum Gasteiger partial charge on any atom is 0.296 e. The van der Waals surface area contributed by atoms with E-state index in [0.717, 1.165) is 25.9 Å². The Morgan fingerprint density at radius 3 is 2.45 bits per heavy atom. The lowest BCUT2D eigenvalue weighted by Gasteiger charge is -2.40. The van der Waals surface area contributed by atoms with Gasteiger partial charge in [0.25, 0.3) is 5.56 Å². The molecule has 2 aliphatic carbocycles. The summed E-state index contributed by atoms with van der Waals surface area (Å²) in [5.41, 5.74) is 0.452. The van der Waals surface area contributed by atoms with E-state index in [-0.39, 0.29) is 34.5 Å². The number of benzene rings is 1. The Labute approximate surface area is 235 Å². The summed E-state index contributed by atoms with van der Waals surface area (Å²) in [6, 6.07) is 9.29. The smallest absolute Gasteiger partial charge is 0.296 e. The van der Waals surface area contributed by atoms with E-state index in [1.54, 1.807) is 6.20 Å². The molecule has 2 unspecified atom stereocenters. The van der Waals surface area contributed by atoms with Crippen molar-refractivity contribution in [2.75, 3.05) is 55.3 Å². The molecule has 4 aliphatic rings. The molecule has 2 saturated heterocycles. The van der Waals surface area contributed by atoms with Gasteiger partial charge in [-0.25, -0.2) is 8.42 Å². The Balaban J connectivity index is 1.21. The average molecular weight is 570 g/mol. The van der Waals surface area contributed by atoms with Crippen LogP contribution < -0.4 is 15.8 Å². The van der Waals surface area contributed by atoms with E-state index in [1.165, 1.54) is 8.99 Å². The van der Waals surface area contributed by atoms with Gasteiger partial charge in [-0.3, -0.25) is 9.59 Å². The number of rotatable bonds is 8. The highest BCUT2D eigenvalue weighted by atomic mass is 32.2. The van der Waals surface area contributed by atoms with Gasteiger partial charge in [0.2, 0.25) is 10.0 Å². The molecular weight excluding hydrogens is 530 g/mol. The molecule has 10 nitrogen and oxygen atoms in total. The summed E-state index contributed by atoms with van der Waals surface area (Å²) < 4.78 is 36.0. The minimum absolute atomic E-state index is 0.0460. The number of sulfonamides is 1. The van der Waals surface area contributed by atoms with E-state index in [9.17, 15) is 18.0 Å². The van der Waals surface area contributed by atoms with Gasteiger partial charge in [-0.05, 0) is 49.1 Å². The molecule has 40 heavy (non-hydrogen) atoms. The Hall–Kier alpha value is -2.76. The van der Waals surface area contributed by atoms with Gasteiger partial charge >= 0.3 is 0 Å². The predicted molar refractivity (Wildman–Crippen MR) is 153 cm³/mol. The predicted octanol–water partition coefficient (Wildman–Crippen LogP) is 2.67. The summed E-state index contributed by atoms with van der Waals surface area (Å²) in [4.78, 5) is 28.7. The molecule has 2 aromatic rings. The molecule has 6 rings (SSSR count). The summed E-state index contributed by atoms with van der Waals surface area (Å²) in [6.45, 7) is 6.83. The fraction of sp³-hybridized carbons (Fsp3) is 0.621. The van der Waals surface area contributed by atoms with Crippen LogP contribution in [0.15, 0.2) is 41.3 Å². The summed E-state index contributed by atoms with van der Waals surface area (Å²) in [7, 11) is -3.63. The molecule has 1 aromatic heterocycles. The zero-order valence-electron chi connectivity index (χ0n) is 23.3. The maximum atomic E-state index is 13.7. The van der Waals surface area contributed by atoms with E-state index in [2.05, 4.69) is 24.3 Å². The first-order chi connectivity index (χ1) is 19.1.